The summed E-state index contributed by atoms with van der Waals surface area (Å²) in [6.07, 6.45) is -0.513. The van der Waals surface area contributed by atoms with E-state index in [1.54, 1.807) is 44.2 Å². The molecule has 0 aromatic heterocycles. The van der Waals surface area contributed by atoms with E-state index in [-0.39, 0.29) is 36.2 Å². The monoisotopic (exact) mass is 466 g/mol. The molecule has 0 aliphatic heterocycles. The summed E-state index contributed by atoms with van der Waals surface area (Å²) in [6.45, 7) is 7.41. The zero-order valence-corrected chi connectivity index (χ0v) is 21.7. The number of Topliss-reactive ketones (excluding diaryl/α,β-unsaturated/α-hetero) is 1. The number of benzene rings is 1. The molecule has 0 bridgehead atoms. The molecule has 0 fully saturated rings. The Labute approximate surface area is 205 Å². The van der Waals surface area contributed by atoms with Crippen LogP contribution in [0.5, 0.6) is 0 Å². The molecule has 31 heavy (non-hydrogen) atoms. The van der Waals surface area contributed by atoms with Crippen molar-refractivity contribution >= 4 is 21.9 Å². The maximum atomic E-state index is 13.0. The van der Waals surface area contributed by atoms with Gasteiger partial charge in [-0.2, -0.15) is 0 Å². The van der Waals surface area contributed by atoms with Crippen LogP contribution in [0.25, 0.3) is 0 Å². The average Bonchev–Trinajstić information content (AvgIpc) is 2.62. The molecule has 9 nitrogen and oxygen atoms in total. The van der Waals surface area contributed by atoms with Crippen molar-refractivity contribution in [3.63, 3.8) is 0 Å². The summed E-state index contributed by atoms with van der Waals surface area (Å²) in [4.78, 5) is 22.1. The van der Waals surface area contributed by atoms with Crippen LogP contribution in [-0.2, 0) is 31.1 Å². The molecule has 1 rings (SSSR count). The zero-order chi connectivity index (χ0) is 23.5. The van der Waals surface area contributed by atoms with Crippen molar-refractivity contribution < 1.29 is 62.0 Å². The Morgan fingerprint density at radius 1 is 1.16 bits per heavy atom. The van der Waals surface area contributed by atoms with Crippen LogP contribution in [-0.4, -0.2) is 46.3 Å². The molecule has 0 heterocycles. The Morgan fingerprint density at radius 3 is 2.03 bits per heavy atom. The first-order valence-electron chi connectivity index (χ1n) is 9.46. The minimum absolute atomic E-state index is 0. The topological polar surface area (TPSA) is 173 Å². The third-order valence-corrected chi connectivity index (χ3v) is 6.11. The minimum Gasteiger partial charge on any atom is -0.745 e. The van der Waals surface area contributed by atoms with Crippen LogP contribution in [0, 0.1) is 11.3 Å². The predicted molar refractivity (Wildman–Crippen MR) is 110 cm³/mol. The average molecular weight is 467 g/mol. The molecular weight excluding hydrogens is 435 g/mol. The Hall–Kier alpha value is -0.850. The van der Waals surface area contributed by atoms with Crippen LogP contribution < -0.4 is 41.0 Å². The van der Waals surface area contributed by atoms with Gasteiger partial charge < -0.3 is 25.9 Å². The van der Waals surface area contributed by atoms with Gasteiger partial charge in [0.1, 0.15) is 16.7 Å². The summed E-state index contributed by atoms with van der Waals surface area (Å²) >= 11 is 0. The molecule has 1 aromatic carbocycles. The third-order valence-electron chi connectivity index (χ3n) is 4.82. The van der Waals surface area contributed by atoms with Crippen LogP contribution in [0.4, 0.5) is 0 Å². The fourth-order valence-electron chi connectivity index (χ4n) is 3.03. The summed E-state index contributed by atoms with van der Waals surface area (Å²) in [5, 5.41) is 11.0. The normalized spacial score (nSPS) is 17.1. The molecule has 0 saturated carbocycles. The van der Waals surface area contributed by atoms with Crippen LogP contribution >= 0.6 is 0 Å². The second-order valence-electron chi connectivity index (χ2n) is 8.94. The summed E-state index contributed by atoms with van der Waals surface area (Å²) in [6, 6.07) is 6.82. The predicted octanol–water partition coefficient (Wildman–Crippen LogP) is -2.35. The minimum atomic E-state index is -5.85. The second-order valence-corrected chi connectivity index (χ2v) is 10.4. The summed E-state index contributed by atoms with van der Waals surface area (Å²) in [7, 11) is -5.85. The van der Waals surface area contributed by atoms with Crippen LogP contribution in [0.2, 0.25) is 0 Å². The van der Waals surface area contributed by atoms with E-state index < -0.39 is 56.1 Å². The number of nitrogens with two attached hydrogens (primary N) is 2. The number of carbonyl (C=O) groups is 2. The van der Waals surface area contributed by atoms with E-state index in [1.807, 2.05) is 0 Å². The van der Waals surface area contributed by atoms with Crippen molar-refractivity contribution in [3.05, 3.63) is 35.9 Å². The molecule has 0 radical (unpaired) electrons. The van der Waals surface area contributed by atoms with E-state index in [0.29, 0.717) is 5.56 Å². The fourth-order valence-corrected chi connectivity index (χ4v) is 4.01. The molecule has 1 aromatic rings. The molecule has 0 amide bonds. The number of hydrogen-bond donors (Lipinski definition) is 3. The Bertz CT molecular complexity index is 871. The van der Waals surface area contributed by atoms with Gasteiger partial charge in [-0.3, -0.25) is 4.79 Å². The van der Waals surface area contributed by atoms with Gasteiger partial charge in [-0.25, -0.2) is 13.2 Å². The molecule has 5 N–H and O–H groups in total. The maximum Gasteiger partial charge on any atom is 1.00 e. The Kier molecular flexibility index (Phi) is 10.5. The van der Waals surface area contributed by atoms with Crippen molar-refractivity contribution in [3.8, 4) is 0 Å². The standard InChI is InChI=1S/C20H32N2O7S.Na/c1-13(2)11-19(22,17(24)29-12-14-9-7-6-8-10-14)20(25,30(26,27)28)16(23)15(21)18(3,4)5;/h6-10,13,15,25H,11-12,21-22H2,1-5H3,(H,26,27,28);/q;+1/p-1. The first-order chi connectivity index (χ1) is 13.5. The number of ketones is 1. The molecule has 11 heteroatoms. The van der Waals surface area contributed by atoms with Gasteiger partial charge in [-0.15, -0.1) is 0 Å². The van der Waals surface area contributed by atoms with Gasteiger partial charge in [0.05, 0.1) is 6.04 Å². The first kappa shape index (κ1) is 30.1. The van der Waals surface area contributed by atoms with Crippen LogP contribution in [0.3, 0.4) is 0 Å². The molecule has 170 valence electrons. The van der Waals surface area contributed by atoms with Crippen molar-refractivity contribution in [1.82, 2.24) is 0 Å². The molecule has 0 saturated heterocycles. The van der Waals surface area contributed by atoms with Gasteiger partial charge >= 0.3 is 35.5 Å². The number of hydrogen-bond acceptors (Lipinski definition) is 9. The van der Waals surface area contributed by atoms with Crippen molar-refractivity contribution in [2.45, 2.75) is 64.2 Å². The number of carbonyl (C=O) groups excluding carboxylic acids is 2. The van der Waals surface area contributed by atoms with E-state index in [0.717, 1.165) is 0 Å². The Morgan fingerprint density at radius 2 is 1.65 bits per heavy atom. The van der Waals surface area contributed by atoms with Gasteiger partial charge in [0.15, 0.2) is 11.3 Å². The molecule has 0 spiro atoms. The van der Waals surface area contributed by atoms with E-state index in [2.05, 4.69) is 0 Å². The summed E-state index contributed by atoms with van der Waals surface area (Å²) in [5.41, 5.74) is 8.59. The molecule has 0 aliphatic rings. The SMILES string of the molecule is CC(C)CC(N)(C(=O)OCc1ccccc1)C(O)(C(=O)C(N)C(C)(C)C)S(=O)(=O)[O-].[Na+]. The van der Waals surface area contributed by atoms with Crippen molar-refractivity contribution in [1.29, 1.82) is 0 Å². The van der Waals surface area contributed by atoms with E-state index in [1.165, 1.54) is 20.8 Å². The van der Waals surface area contributed by atoms with E-state index in [4.69, 9.17) is 16.2 Å². The van der Waals surface area contributed by atoms with E-state index >= 15 is 0 Å². The van der Waals surface area contributed by atoms with Gasteiger partial charge in [-0.05, 0) is 23.3 Å². The van der Waals surface area contributed by atoms with Gasteiger partial charge in [-0.1, -0.05) is 65.0 Å². The quantitative estimate of drug-likeness (QED) is 0.205. The number of esters is 1. The largest absolute Gasteiger partial charge is 1.00 e. The number of ether oxygens (including phenoxy) is 1. The Balaban J connectivity index is 0.00000900. The van der Waals surface area contributed by atoms with Crippen LogP contribution in [0.1, 0.15) is 46.6 Å². The molecule has 3 unspecified atom stereocenters. The number of aliphatic hydroxyl groups is 1. The second kappa shape index (κ2) is 10.8. The molecular formula is C20H31N2NaO7S. The van der Waals surface area contributed by atoms with Crippen molar-refractivity contribution in [2.75, 3.05) is 0 Å². The molecule has 0 aliphatic carbocycles. The zero-order valence-electron chi connectivity index (χ0n) is 18.9. The maximum absolute atomic E-state index is 13.0. The van der Waals surface area contributed by atoms with Gasteiger partial charge in [0.25, 0.3) is 0 Å². The summed E-state index contributed by atoms with van der Waals surface area (Å²) < 4.78 is 41.6. The third kappa shape index (κ3) is 6.58. The van der Waals surface area contributed by atoms with Crippen LogP contribution in [0.15, 0.2) is 30.3 Å². The molecule has 3 atom stereocenters. The van der Waals surface area contributed by atoms with E-state index in [9.17, 15) is 27.7 Å². The first-order valence-corrected chi connectivity index (χ1v) is 10.9. The smallest absolute Gasteiger partial charge is 0.745 e. The number of rotatable bonds is 9. The fraction of sp³-hybridized carbons (Fsp3) is 0.600. The summed E-state index contributed by atoms with van der Waals surface area (Å²) in [5.74, 6) is -3.42. The van der Waals surface area contributed by atoms with Gasteiger partial charge in [0.2, 0.25) is 4.93 Å². The van der Waals surface area contributed by atoms with Crippen molar-refractivity contribution in [2.24, 2.45) is 22.8 Å². The van der Waals surface area contributed by atoms with Gasteiger partial charge in [0, 0.05) is 0 Å².